The lowest BCUT2D eigenvalue weighted by molar-refractivity contribution is 0.0788. The number of unbranched alkanes of at least 4 members (excludes halogenated alkanes) is 9. The Morgan fingerprint density at radius 2 is 1.38 bits per heavy atom. The average Bonchev–Trinajstić information content (AvgIpc) is 2.82. The van der Waals surface area contributed by atoms with E-state index in [0.29, 0.717) is 11.9 Å². The summed E-state index contributed by atoms with van der Waals surface area (Å²) in [5.74, 6) is -0.339. The summed E-state index contributed by atoms with van der Waals surface area (Å²) in [4.78, 5) is 39.3. The number of aromatic hydroxyl groups is 1. The molecule has 0 saturated carbocycles. The van der Waals surface area contributed by atoms with Crippen LogP contribution in [0, 0.1) is 0 Å². The molecule has 1 aromatic carbocycles. The molecule has 1 heterocycles. The molecule has 2 aromatic rings. The second-order valence-corrected chi connectivity index (χ2v) is 8.82. The molecule has 8 nitrogen and oxygen atoms in total. The maximum Gasteiger partial charge on any atom is 0.409 e. The quantitative estimate of drug-likeness (QED) is 0.299. The fourth-order valence-corrected chi connectivity index (χ4v) is 3.92. The van der Waals surface area contributed by atoms with Gasteiger partial charge >= 0.3 is 11.7 Å². The van der Waals surface area contributed by atoms with Crippen LogP contribution in [0.5, 0.6) is 5.75 Å². The van der Waals surface area contributed by atoms with E-state index in [0.717, 1.165) is 38.6 Å². The number of hydrogen-bond acceptors (Lipinski definition) is 6. The molecule has 0 spiro atoms. The van der Waals surface area contributed by atoms with Crippen molar-refractivity contribution >= 4 is 23.0 Å². The summed E-state index contributed by atoms with van der Waals surface area (Å²) >= 11 is 0. The van der Waals surface area contributed by atoms with Crippen molar-refractivity contribution < 1.29 is 23.8 Å². The maximum absolute atomic E-state index is 12.7. The van der Waals surface area contributed by atoms with E-state index in [-0.39, 0.29) is 28.9 Å². The fraction of sp³-hybridized carbons (Fsp3) is 0.577. The van der Waals surface area contributed by atoms with Crippen molar-refractivity contribution in [1.82, 2.24) is 9.80 Å². The molecule has 2 amide bonds. The van der Waals surface area contributed by atoms with Gasteiger partial charge in [-0.1, -0.05) is 51.4 Å². The topological polar surface area (TPSA) is 100 Å². The number of methoxy groups -OCH3 is 1. The van der Waals surface area contributed by atoms with Crippen LogP contribution >= 0.6 is 0 Å². The predicted molar refractivity (Wildman–Crippen MR) is 132 cm³/mol. The lowest BCUT2D eigenvalue weighted by Crippen LogP contribution is -2.31. The molecule has 0 fully saturated rings. The van der Waals surface area contributed by atoms with Crippen molar-refractivity contribution in [2.24, 2.45) is 0 Å². The maximum atomic E-state index is 12.7. The Bertz CT molecular complexity index is 987. The Morgan fingerprint density at radius 1 is 0.853 bits per heavy atom. The normalized spacial score (nSPS) is 10.9. The van der Waals surface area contributed by atoms with Gasteiger partial charge in [-0.3, -0.25) is 4.79 Å². The molecule has 0 radical (unpaired) electrons. The van der Waals surface area contributed by atoms with Crippen LogP contribution in [0.1, 0.15) is 74.6 Å². The van der Waals surface area contributed by atoms with Gasteiger partial charge in [-0.05, 0) is 31.0 Å². The van der Waals surface area contributed by atoms with E-state index < -0.39 is 5.63 Å². The third-order valence-electron chi connectivity index (χ3n) is 6.02. The van der Waals surface area contributed by atoms with Gasteiger partial charge in [-0.2, -0.15) is 0 Å². The second kappa shape index (κ2) is 14.3. The van der Waals surface area contributed by atoms with Crippen LogP contribution in [0.4, 0.5) is 4.79 Å². The molecule has 0 aliphatic heterocycles. The molecule has 1 N–H and O–H groups in total. The second-order valence-electron chi connectivity index (χ2n) is 8.82. The summed E-state index contributed by atoms with van der Waals surface area (Å²) in [7, 11) is 4.86. The zero-order chi connectivity index (χ0) is 24.9. The van der Waals surface area contributed by atoms with Gasteiger partial charge in [0.25, 0.3) is 5.91 Å². The highest BCUT2D eigenvalue weighted by Crippen LogP contribution is 2.20. The number of amides is 2. The summed E-state index contributed by atoms with van der Waals surface area (Å²) < 4.78 is 9.87. The number of carbonyl (C=O) groups excluding carboxylic acids is 2. The minimum absolute atomic E-state index is 0.00679. The molecule has 0 aliphatic carbocycles. The number of phenols is 1. The van der Waals surface area contributed by atoms with Gasteiger partial charge in [0.2, 0.25) is 0 Å². The Hall–Kier alpha value is -3.03. The lowest BCUT2D eigenvalue weighted by atomic mass is 10.1. The first-order chi connectivity index (χ1) is 16.3. The highest BCUT2D eigenvalue weighted by atomic mass is 16.5. The fourth-order valence-electron chi connectivity index (χ4n) is 3.92. The number of nitrogens with zero attached hydrogens (tertiary/aromatic N) is 2. The van der Waals surface area contributed by atoms with Crippen LogP contribution in [0.3, 0.4) is 0 Å². The highest BCUT2D eigenvalue weighted by molar-refractivity contribution is 5.96. The SMILES string of the molecule is COC(=O)N(C)CCCCCCCCCCCCN(C)C(=O)c1cc2ccc(O)cc2oc1=O. The Balaban J connectivity index is 1.55. The standard InChI is InChI=1S/C26H38N2O6/c1-27(24(30)22-18-20-14-15-21(29)19-23(20)34-25(22)31)16-12-10-8-6-4-5-7-9-11-13-17-28(2)26(32)33-3/h14-15,18-19,29H,4-13,16-17H2,1-3H3. The smallest absolute Gasteiger partial charge is 0.409 e. The van der Waals surface area contributed by atoms with Crippen LogP contribution in [-0.4, -0.2) is 61.2 Å². The van der Waals surface area contributed by atoms with Gasteiger partial charge in [0.1, 0.15) is 16.9 Å². The summed E-state index contributed by atoms with van der Waals surface area (Å²) in [5.41, 5.74) is -0.418. The van der Waals surface area contributed by atoms with E-state index in [2.05, 4.69) is 4.74 Å². The zero-order valence-electron chi connectivity index (χ0n) is 20.7. The largest absolute Gasteiger partial charge is 0.508 e. The molecule has 0 aliphatic rings. The summed E-state index contributed by atoms with van der Waals surface area (Å²) in [5, 5.41) is 10.1. The number of benzene rings is 1. The summed E-state index contributed by atoms with van der Waals surface area (Å²) in [6.45, 7) is 1.33. The Labute approximate surface area is 201 Å². The number of rotatable bonds is 14. The molecule has 0 bridgehead atoms. The Morgan fingerprint density at radius 3 is 1.94 bits per heavy atom. The van der Waals surface area contributed by atoms with E-state index in [1.807, 2.05) is 0 Å². The summed E-state index contributed by atoms with van der Waals surface area (Å²) in [6, 6.07) is 6.00. The molecule has 0 saturated heterocycles. The average molecular weight is 475 g/mol. The first-order valence-corrected chi connectivity index (χ1v) is 12.1. The van der Waals surface area contributed by atoms with Crippen LogP contribution in [0.25, 0.3) is 11.0 Å². The van der Waals surface area contributed by atoms with E-state index in [1.54, 1.807) is 30.0 Å². The van der Waals surface area contributed by atoms with Crippen LogP contribution in [-0.2, 0) is 4.74 Å². The minimum atomic E-state index is -0.689. The summed E-state index contributed by atoms with van der Waals surface area (Å²) in [6.07, 6.45) is 10.9. The van der Waals surface area contributed by atoms with E-state index in [9.17, 15) is 19.5 Å². The Kier molecular flexibility index (Phi) is 11.4. The number of ether oxygens (including phenoxy) is 1. The van der Waals surface area contributed by atoms with Crippen molar-refractivity contribution in [3.63, 3.8) is 0 Å². The van der Waals surface area contributed by atoms with Crippen molar-refractivity contribution in [2.45, 2.75) is 64.2 Å². The molecule has 34 heavy (non-hydrogen) atoms. The van der Waals surface area contributed by atoms with Crippen molar-refractivity contribution in [2.75, 3.05) is 34.3 Å². The van der Waals surface area contributed by atoms with E-state index in [4.69, 9.17) is 4.42 Å². The van der Waals surface area contributed by atoms with Gasteiger partial charge in [-0.15, -0.1) is 0 Å². The number of fused-ring (bicyclic) bond motifs is 1. The monoisotopic (exact) mass is 474 g/mol. The molecule has 0 unspecified atom stereocenters. The van der Waals surface area contributed by atoms with E-state index >= 15 is 0 Å². The van der Waals surface area contributed by atoms with Crippen LogP contribution < -0.4 is 5.63 Å². The van der Waals surface area contributed by atoms with Gasteiger partial charge in [-0.25, -0.2) is 9.59 Å². The van der Waals surface area contributed by atoms with Crippen molar-refractivity contribution in [3.05, 3.63) is 40.2 Å². The molecular formula is C26H38N2O6. The van der Waals surface area contributed by atoms with Gasteiger partial charge in [0, 0.05) is 38.6 Å². The van der Waals surface area contributed by atoms with Gasteiger partial charge in [0.15, 0.2) is 0 Å². The van der Waals surface area contributed by atoms with E-state index in [1.165, 1.54) is 57.4 Å². The molecule has 8 heteroatoms. The first kappa shape index (κ1) is 27.2. The number of hydrogen-bond donors (Lipinski definition) is 1. The molecule has 188 valence electrons. The molecule has 1 aromatic heterocycles. The van der Waals surface area contributed by atoms with Crippen molar-refractivity contribution in [1.29, 1.82) is 0 Å². The molecular weight excluding hydrogens is 436 g/mol. The first-order valence-electron chi connectivity index (χ1n) is 12.1. The third kappa shape index (κ3) is 8.72. The molecule has 0 atom stereocenters. The number of carbonyl (C=O) groups is 2. The minimum Gasteiger partial charge on any atom is -0.508 e. The predicted octanol–water partition coefficient (Wildman–Crippen LogP) is 5.17. The van der Waals surface area contributed by atoms with Crippen LogP contribution in [0.15, 0.2) is 33.5 Å². The third-order valence-corrected chi connectivity index (χ3v) is 6.02. The van der Waals surface area contributed by atoms with Gasteiger partial charge < -0.3 is 24.1 Å². The highest BCUT2D eigenvalue weighted by Gasteiger charge is 2.17. The zero-order valence-corrected chi connectivity index (χ0v) is 20.7. The van der Waals surface area contributed by atoms with Crippen LogP contribution in [0.2, 0.25) is 0 Å². The number of phenolic OH excluding ortho intramolecular Hbond substituents is 1. The lowest BCUT2D eigenvalue weighted by Gasteiger charge is -2.16. The molecule has 2 rings (SSSR count). The van der Waals surface area contributed by atoms with Crippen molar-refractivity contribution in [3.8, 4) is 5.75 Å². The van der Waals surface area contributed by atoms with Gasteiger partial charge in [0.05, 0.1) is 7.11 Å².